The number of rotatable bonds is 6. The Hall–Kier alpha value is -1.79. The number of hydrogen-bond donors (Lipinski definition) is 0. The summed E-state index contributed by atoms with van der Waals surface area (Å²) in [7, 11) is 0. The largest absolute Gasteiger partial charge is 0.493 e. The highest BCUT2D eigenvalue weighted by molar-refractivity contribution is 9.10. The van der Waals surface area contributed by atoms with Crippen LogP contribution in [0.4, 0.5) is 0 Å². The van der Waals surface area contributed by atoms with Gasteiger partial charge < -0.3 is 9.15 Å². The summed E-state index contributed by atoms with van der Waals surface area (Å²) >= 11 is 4.91. The Morgan fingerprint density at radius 1 is 1.13 bits per heavy atom. The second-order valence-corrected chi connectivity index (χ2v) is 6.80. The molecule has 0 N–H and O–H groups in total. The van der Waals surface area contributed by atoms with Gasteiger partial charge in [0.15, 0.2) is 0 Å². The van der Waals surface area contributed by atoms with Crippen molar-refractivity contribution in [3.8, 4) is 17.2 Å². The van der Waals surface area contributed by atoms with Crippen LogP contribution in [0.2, 0.25) is 0 Å². The van der Waals surface area contributed by atoms with Gasteiger partial charge in [0.1, 0.15) is 5.75 Å². The van der Waals surface area contributed by atoms with Crippen molar-refractivity contribution in [2.45, 2.75) is 12.1 Å². The van der Waals surface area contributed by atoms with Crippen LogP contribution in [0, 0.1) is 6.92 Å². The lowest BCUT2D eigenvalue weighted by Crippen LogP contribution is -1.99. The predicted molar refractivity (Wildman–Crippen MR) is 94.8 cm³/mol. The summed E-state index contributed by atoms with van der Waals surface area (Å²) in [6.45, 7) is 2.60. The molecule has 0 radical (unpaired) electrons. The highest BCUT2D eigenvalue weighted by Gasteiger charge is 2.10. The lowest BCUT2D eigenvalue weighted by Gasteiger charge is -2.04. The molecule has 1 aromatic heterocycles. The zero-order chi connectivity index (χ0) is 16.1. The molecule has 4 nitrogen and oxygen atoms in total. The van der Waals surface area contributed by atoms with Crippen molar-refractivity contribution < 1.29 is 9.15 Å². The molecule has 2 aromatic carbocycles. The van der Waals surface area contributed by atoms with Gasteiger partial charge in [0.25, 0.3) is 5.22 Å². The predicted octanol–water partition coefficient (Wildman–Crippen LogP) is 4.98. The van der Waals surface area contributed by atoms with Gasteiger partial charge in [-0.2, -0.15) is 0 Å². The number of halogens is 1. The molecule has 0 unspecified atom stereocenters. The zero-order valence-electron chi connectivity index (χ0n) is 12.5. The molecule has 0 amide bonds. The second-order valence-electron chi connectivity index (χ2n) is 4.84. The van der Waals surface area contributed by atoms with E-state index in [1.165, 1.54) is 11.8 Å². The molecule has 118 valence electrons. The molecule has 0 aliphatic carbocycles. The molecule has 0 atom stereocenters. The number of aryl methyl sites for hydroxylation is 1. The molecule has 6 heteroatoms. The van der Waals surface area contributed by atoms with Gasteiger partial charge >= 0.3 is 0 Å². The van der Waals surface area contributed by atoms with Gasteiger partial charge in [0, 0.05) is 15.8 Å². The molecule has 23 heavy (non-hydrogen) atoms. The second kappa shape index (κ2) is 7.66. The molecule has 0 spiro atoms. The maximum atomic E-state index is 5.70. The van der Waals surface area contributed by atoms with Crippen LogP contribution in [-0.2, 0) is 0 Å². The minimum absolute atomic E-state index is 0.554. The first-order valence-corrected chi connectivity index (χ1v) is 8.91. The summed E-state index contributed by atoms with van der Waals surface area (Å²) in [6, 6.07) is 15.7. The molecule has 0 aliphatic rings. The van der Waals surface area contributed by atoms with E-state index in [1.54, 1.807) is 0 Å². The maximum Gasteiger partial charge on any atom is 0.276 e. The molecule has 0 fully saturated rings. The third-order valence-electron chi connectivity index (χ3n) is 3.16. The molecule has 0 saturated carbocycles. The van der Waals surface area contributed by atoms with Gasteiger partial charge in [-0.3, -0.25) is 0 Å². The molecule has 0 aliphatic heterocycles. The van der Waals surface area contributed by atoms with E-state index in [1.807, 2.05) is 55.5 Å². The highest BCUT2D eigenvalue weighted by atomic mass is 79.9. The summed E-state index contributed by atoms with van der Waals surface area (Å²) < 4.78 is 12.4. The Labute approximate surface area is 147 Å². The Morgan fingerprint density at radius 2 is 2.00 bits per heavy atom. The molecule has 3 rings (SSSR count). The van der Waals surface area contributed by atoms with Gasteiger partial charge in [0.05, 0.1) is 6.61 Å². The molecule has 3 aromatic rings. The topological polar surface area (TPSA) is 48.2 Å². The smallest absolute Gasteiger partial charge is 0.276 e. The van der Waals surface area contributed by atoms with Crippen LogP contribution in [0.1, 0.15) is 5.56 Å². The van der Waals surface area contributed by atoms with Crippen LogP contribution in [0.3, 0.4) is 0 Å². The Kier molecular flexibility index (Phi) is 5.35. The first-order chi connectivity index (χ1) is 11.2. The summed E-state index contributed by atoms with van der Waals surface area (Å²) in [5.41, 5.74) is 2.09. The summed E-state index contributed by atoms with van der Waals surface area (Å²) in [5.74, 6) is 2.13. The lowest BCUT2D eigenvalue weighted by molar-refractivity contribution is 0.343. The van der Waals surface area contributed by atoms with Gasteiger partial charge in [-0.15, -0.1) is 10.2 Å². The lowest BCUT2D eigenvalue weighted by atomic mass is 10.1. The highest BCUT2D eigenvalue weighted by Crippen LogP contribution is 2.25. The SMILES string of the molecule is Cc1ccccc1-c1nnc(SCCOc2cccc(Br)c2)o1. The van der Waals surface area contributed by atoms with Crippen molar-refractivity contribution in [3.05, 3.63) is 58.6 Å². The van der Waals surface area contributed by atoms with E-state index in [0.29, 0.717) is 17.7 Å². The Bertz CT molecular complexity index is 792. The third-order valence-corrected chi connectivity index (χ3v) is 4.43. The summed E-state index contributed by atoms with van der Waals surface area (Å²) in [6.07, 6.45) is 0. The molecule has 0 saturated heterocycles. The normalized spacial score (nSPS) is 10.7. The number of hydrogen-bond acceptors (Lipinski definition) is 5. The van der Waals surface area contributed by atoms with E-state index in [2.05, 4.69) is 26.1 Å². The van der Waals surface area contributed by atoms with Gasteiger partial charge in [-0.1, -0.05) is 52.0 Å². The summed E-state index contributed by atoms with van der Waals surface area (Å²) in [5, 5.41) is 8.74. The van der Waals surface area contributed by atoms with Crippen LogP contribution >= 0.6 is 27.7 Å². The van der Waals surface area contributed by atoms with Gasteiger partial charge in [-0.25, -0.2) is 0 Å². The van der Waals surface area contributed by atoms with Crippen LogP contribution in [0.25, 0.3) is 11.5 Å². The average Bonchev–Trinajstić information content (AvgIpc) is 3.01. The van der Waals surface area contributed by atoms with Gasteiger partial charge in [-0.05, 0) is 36.8 Å². The quantitative estimate of drug-likeness (QED) is 0.438. The fourth-order valence-electron chi connectivity index (χ4n) is 2.04. The zero-order valence-corrected chi connectivity index (χ0v) is 14.9. The van der Waals surface area contributed by atoms with Crippen LogP contribution in [-0.4, -0.2) is 22.6 Å². The average molecular weight is 391 g/mol. The van der Waals surface area contributed by atoms with Gasteiger partial charge in [0.2, 0.25) is 5.89 Å². The Morgan fingerprint density at radius 3 is 2.83 bits per heavy atom. The molecular weight excluding hydrogens is 376 g/mol. The van der Waals surface area contributed by atoms with E-state index in [4.69, 9.17) is 9.15 Å². The van der Waals surface area contributed by atoms with E-state index < -0.39 is 0 Å². The number of benzene rings is 2. The van der Waals surface area contributed by atoms with Crippen LogP contribution < -0.4 is 4.74 Å². The van der Waals surface area contributed by atoms with Crippen molar-refractivity contribution in [3.63, 3.8) is 0 Å². The first-order valence-electron chi connectivity index (χ1n) is 7.13. The maximum absolute atomic E-state index is 5.70. The van der Waals surface area contributed by atoms with E-state index in [-0.39, 0.29) is 0 Å². The van der Waals surface area contributed by atoms with E-state index >= 15 is 0 Å². The monoisotopic (exact) mass is 390 g/mol. The minimum Gasteiger partial charge on any atom is -0.493 e. The van der Waals surface area contributed by atoms with Crippen molar-refractivity contribution in [2.24, 2.45) is 0 Å². The number of ether oxygens (including phenoxy) is 1. The molecule has 1 heterocycles. The number of thioether (sulfide) groups is 1. The third kappa shape index (κ3) is 4.36. The van der Waals surface area contributed by atoms with E-state index in [0.717, 1.165) is 27.1 Å². The van der Waals surface area contributed by atoms with Crippen molar-refractivity contribution in [1.29, 1.82) is 0 Å². The van der Waals surface area contributed by atoms with E-state index in [9.17, 15) is 0 Å². The van der Waals surface area contributed by atoms with Crippen LogP contribution in [0.5, 0.6) is 5.75 Å². The van der Waals surface area contributed by atoms with Crippen LogP contribution in [0.15, 0.2) is 62.6 Å². The Balaban J connectivity index is 1.53. The minimum atomic E-state index is 0.554. The fourth-order valence-corrected chi connectivity index (χ4v) is 2.99. The summed E-state index contributed by atoms with van der Waals surface area (Å²) in [4.78, 5) is 0. The number of aromatic nitrogens is 2. The molecule has 0 bridgehead atoms. The first kappa shape index (κ1) is 16.1. The van der Waals surface area contributed by atoms with Crippen molar-refractivity contribution >= 4 is 27.7 Å². The number of nitrogens with zero attached hydrogens (tertiary/aromatic N) is 2. The fraction of sp³-hybridized carbons (Fsp3) is 0.176. The standard InChI is InChI=1S/C17H15BrN2O2S/c1-12-5-2-3-8-15(12)16-19-20-17(22-16)23-10-9-21-14-7-4-6-13(18)11-14/h2-8,11H,9-10H2,1H3. The molecular formula is C17H15BrN2O2S. The van der Waals surface area contributed by atoms with Crippen molar-refractivity contribution in [1.82, 2.24) is 10.2 Å². The van der Waals surface area contributed by atoms with Crippen molar-refractivity contribution in [2.75, 3.05) is 12.4 Å².